The number of nitrogens with one attached hydrogen (secondary N) is 1. The molecule has 32 heavy (non-hydrogen) atoms. The highest BCUT2D eigenvalue weighted by atomic mass is 35.5. The van der Waals surface area contributed by atoms with Gasteiger partial charge in [-0.25, -0.2) is 0 Å². The van der Waals surface area contributed by atoms with Crippen molar-refractivity contribution in [3.8, 4) is 5.75 Å². The molecule has 0 aliphatic carbocycles. The van der Waals surface area contributed by atoms with Gasteiger partial charge in [0.1, 0.15) is 5.75 Å². The molecule has 2 rings (SSSR count). The first-order chi connectivity index (χ1) is 15.2. The Labute approximate surface area is 204 Å². The summed E-state index contributed by atoms with van der Waals surface area (Å²) in [5, 5.41) is 4.42. The molecule has 1 aromatic rings. The van der Waals surface area contributed by atoms with Crippen molar-refractivity contribution in [2.24, 2.45) is 5.41 Å². The van der Waals surface area contributed by atoms with Gasteiger partial charge in [-0.2, -0.15) is 0 Å². The van der Waals surface area contributed by atoms with Gasteiger partial charge in [0.2, 0.25) is 5.91 Å². The quantitative estimate of drug-likeness (QED) is 0.283. The molecule has 0 bridgehead atoms. The smallest absolute Gasteiger partial charge is 0.225 e. The molecule has 1 fully saturated rings. The molecule has 1 N–H and O–H groups in total. The molecule has 1 aliphatic heterocycles. The third-order valence-corrected chi connectivity index (χ3v) is 6.43. The Bertz CT molecular complexity index is 797. The van der Waals surface area contributed by atoms with Crippen LogP contribution in [0.1, 0.15) is 59.8 Å². The number of likely N-dealkylation sites (tertiary alicyclic amines) is 1. The van der Waals surface area contributed by atoms with Crippen molar-refractivity contribution in [2.45, 2.75) is 65.8 Å². The van der Waals surface area contributed by atoms with E-state index in [9.17, 15) is 4.79 Å². The van der Waals surface area contributed by atoms with Crippen LogP contribution in [0.2, 0.25) is 10.0 Å². The van der Waals surface area contributed by atoms with Crippen LogP contribution < -0.4 is 10.1 Å². The average molecular weight is 482 g/mol. The predicted molar refractivity (Wildman–Crippen MR) is 136 cm³/mol. The predicted octanol–water partition coefficient (Wildman–Crippen LogP) is 6.67. The summed E-state index contributed by atoms with van der Waals surface area (Å²) in [5.74, 6) is 0.705. The van der Waals surface area contributed by atoms with Crippen molar-refractivity contribution in [3.05, 3.63) is 52.0 Å². The third kappa shape index (κ3) is 8.80. The highest BCUT2D eigenvalue weighted by molar-refractivity contribution is 6.34. The number of carbonyl (C=O) groups is 1. The molecule has 0 aromatic heterocycles. The molecule has 1 amide bonds. The molecule has 1 saturated heterocycles. The first-order valence-corrected chi connectivity index (χ1v) is 12.4. The van der Waals surface area contributed by atoms with E-state index in [2.05, 4.69) is 42.3 Å². The lowest BCUT2D eigenvalue weighted by molar-refractivity contribution is -0.130. The molecule has 178 valence electrons. The largest absolute Gasteiger partial charge is 0.492 e. The summed E-state index contributed by atoms with van der Waals surface area (Å²) in [6.45, 7) is 11.7. The summed E-state index contributed by atoms with van der Waals surface area (Å²) < 4.78 is 5.76. The van der Waals surface area contributed by atoms with Gasteiger partial charge >= 0.3 is 0 Å². The van der Waals surface area contributed by atoms with Gasteiger partial charge in [0.25, 0.3) is 0 Å². The van der Waals surface area contributed by atoms with E-state index in [4.69, 9.17) is 27.9 Å². The maximum absolute atomic E-state index is 12.9. The number of hydrogen-bond acceptors (Lipinski definition) is 3. The van der Waals surface area contributed by atoms with Crippen LogP contribution in [-0.2, 0) is 4.79 Å². The molecule has 0 spiro atoms. The van der Waals surface area contributed by atoms with Crippen LogP contribution in [0.25, 0.3) is 0 Å². The van der Waals surface area contributed by atoms with E-state index in [1.807, 2.05) is 13.8 Å². The third-order valence-electron chi connectivity index (χ3n) is 5.89. The average Bonchev–Trinajstić information content (AvgIpc) is 2.75. The van der Waals surface area contributed by atoms with Gasteiger partial charge in [0, 0.05) is 42.2 Å². The lowest BCUT2D eigenvalue weighted by Crippen LogP contribution is -2.48. The molecular formula is C26H38Cl2N2O2. The van der Waals surface area contributed by atoms with E-state index in [0.29, 0.717) is 22.4 Å². The van der Waals surface area contributed by atoms with Crippen molar-refractivity contribution >= 4 is 29.1 Å². The number of benzene rings is 1. The van der Waals surface area contributed by atoms with Gasteiger partial charge in [0.15, 0.2) is 0 Å². The van der Waals surface area contributed by atoms with Crippen LogP contribution >= 0.6 is 23.2 Å². The summed E-state index contributed by atoms with van der Waals surface area (Å²) in [5.41, 5.74) is 0.932. The molecule has 0 saturated carbocycles. The molecule has 1 aliphatic rings. The molecule has 0 atom stereocenters. The lowest BCUT2D eigenvalue weighted by Gasteiger charge is -2.34. The number of ether oxygens (including phenoxy) is 1. The zero-order chi connectivity index (χ0) is 23.6. The maximum atomic E-state index is 12.9. The Hall–Kier alpha value is -1.49. The van der Waals surface area contributed by atoms with Gasteiger partial charge in [-0.05, 0) is 56.7 Å². The van der Waals surface area contributed by atoms with E-state index in [0.717, 1.165) is 51.7 Å². The lowest BCUT2D eigenvalue weighted by atomic mass is 9.86. The number of amides is 1. The normalized spacial score (nSPS) is 16.5. The Balaban J connectivity index is 1.73. The molecular weight excluding hydrogens is 443 g/mol. The number of piperidine rings is 1. The van der Waals surface area contributed by atoms with Crippen molar-refractivity contribution in [1.82, 2.24) is 10.2 Å². The van der Waals surface area contributed by atoms with E-state index in [1.165, 1.54) is 5.57 Å². The minimum Gasteiger partial charge on any atom is -0.492 e. The number of allylic oxidation sites excluding steroid dienone is 2. The summed E-state index contributed by atoms with van der Waals surface area (Å²) >= 11 is 12.1. The second-order valence-electron chi connectivity index (χ2n) is 9.12. The Morgan fingerprint density at radius 3 is 2.66 bits per heavy atom. The number of nitrogens with zero attached hydrogens (tertiary/aromatic N) is 1. The molecule has 1 aromatic carbocycles. The summed E-state index contributed by atoms with van der Waals surface area (Å²) in [7, 11) is 0. The highest BCUT2D eigenvalue weighted by Gasteiger charge is 2.30. The van der Waals surface area contributed by atoms with Gasteiger partial charge in [-0.1, -0.05) is 62.2 Å². The Morgan fingerprint density at radius 1 is 1.28 bits per heavy atom. The highest BCUT2D eigenvalue weighted by Crippen LogP contribution is 2.29. The van der Waals surface area contributed by atoms with Crippen molar-refractivity contribution < 1.29 is 9.53 Å². The standard InChI is InChI=1S/C26H38Cl2N2O2/c1-5-8-20(9-6-2)19-30-15-12-22(13-16-30)29-25(31)26(3,4)14-7-17-32-24-18-21(27)10-11-23(24)28/h5,8-11,18,22H,6-7,12-17,19H2,1-4H3,(H,29,31)/b8-5-,20-9+. The van der Waals surface area contributed by atoms with E-state index < -0.39 is 5.41 Å². The van der Waals surface area contributed by atoms with Gasteiger partial charge in [0.05, 0.1) is 11.6 Å². The Kier molecular flexibility index (Phi) is 11.1. The van der Waals surface area contributed by atoms with E-state index in [1.54, 1.807) is 18.2 Å². The number of rotatable bonds is 11. The number of carbonyl (C=O) groups excluding carboxylic acids is 1. The monoisotopic (exact) mass is 480 g/mol. The van der Waals surface area contributed by atoms with Crippen LogP contribution in [0.15, 0.2) is 42.0 Å². The van der Waals surface area contributed by atoms with E-state index in [-0.39, 0.29) is 11.9 Å². The van der Waals surface area contributed by atoms with Crippen LogP contribution in [0.3, 0.4) is 0 Å². The first-order valence-electron chi connectivity index (χ1n) is 11.7. The zero-order valence-electron chi connectivity index (χ0n) is 19.9. The van der Waals surface area contributed by atoms with Crippen LogP contribution in [-0.4, -0.2) is 43.1 Å². The van der Waals surface area contributed by atoms with Crippen molar-refractivity contribution in [2.75, 3.05) is 26.2 Å². The van der Waals surface area contributed by atoms with E-state index >= 15 is 0 Å². The van der Waals surface area contributed by atoms with Crippen LogP contribution in [0, 0.1) is 5.41 Å². The number of hydrogen-bond donors (Lipinski definition) is 1. The molecule has 0 unspecified atom stereocenters. The fraction of sp³-hybridized carbons (Fsp3) is 0.577. The van der Waals surface area contributed by atoms with Gasteiger partial charge in [-0.3, -0.25) is 9.69 Å². The zero-order valence-corrected chi connectivity index (χ0v) is 21.4. The topological polar surface area (TPSA) is 41.6 Å². The molecule has 6 heteroatoms. The molecule has 1 heterocycles. The van der Waals surface area contributed by atoms with Crippen molar-refractivity contribution in [3.63, 3.8) is 0 Å². The minimum absolute atomic E-state index is 0.122. The van der Waals surface area contributed by atoms with Crippen LogP contribution in [0.5, 0.6) is 5.75 Å². The Morgan fingerprint density at radius 2 is 2.00 bits per heavy atom. The first kappa shape index (κ1) is 26.8. The maximum Gasteiger partial charge on any atom is 0.225 e. The fourth-order valence-electron chi connectivity index (χ4n) is 3.93. The van der Waals surface area contributed by atoms with Gasteiger partial charge < -0.3 is 10.1 Å². The molecule has 4 nitrogen and oxygen atoms in total. The van der Waals surface area contributed by atoms with Crippen LogP contribution in [0.4, 0.5) is 0 Å². The van der Waals surface area contributed by atoms with Crippen molar-refractivity contribution in [1.29, 1.82) is 0 Å². The summed E-state index contributed by atoms with van der Waals surface area (Å²) in [6, 6.07) is 5.43. The minimum atomic E-state index is -0.443. The van der Waals surface area contributed by atoms with Gasteiger partial charge in [-0.15, -0.1) is 0 Å². The SMILES string of the molecule is C/C=C\C(=C/CC)CN1CCC(NC(=O)C(C)(C)CCCOc2cc(Cl)ccc2Cl)CC1. The summed E-state index contributed by atoms with van der Waals surface area (Å²) in [6.07, 6.45) is 11.1. The summed E-state index contributed by atoms with van der Waals surface area (Å²) in [4.78, 5) is 15.4. The number of halogens is 2. The molecule has 0 radical (unpaired) electrons. The second kappa shape index (κ2) is 13.3. The second-order valence-corrected chi connectivity index (χ2v) is 9.97. The fourth-order valence-corrected chi connectivity index (χ4v) is 4.27.